The van der Waals surface area contributed by atoms with Gasteiger partial charge in [0.2, 0.25) is 0 Å². The molecule has 31 heavy (non-hydrogen) atoms. The Bertz CT molecular complexity index is 1210. The Morgan fingerprint density at radius 2 is 1.94 bits per heavy atom. The van der Waals surface area contributed by atoms with Crippen molar-refractivity contribution in [2.45, 2.75) is 40.0 Å². The van der Waals surface area contributed by atoms with Crippen LogP contribution in [0.25, 0.3) is 10.8 Å². The Hall–Kier alpha value is -2.75. The van der Waals surface area contributed by atoms with Gasteiger partial charge in [-0.15, -0.1) is 11.3 Å². The largest absolute Gasteiger partial charge is 0.323 e. The van der Waals surface area contributed by atoms with Crippen LogP contribution in [0.15, 0.2) is 42.5 Å². The summed E-state index contributed by atoms with van der Waals surface area (Å²) in [5.74, 6) is 0.327. The first-order chi connectivity index (χ1) is 14.8. The van der Waals surface area contributed by atoms with E-state index in [1.807, 2.05) is 36.4 Å². The lowest BCUT2D eigenvalue weighted by Gasteiger charge is -2.33. The second-order valence-electron chi connectivity index (χ2n) is 9.10. The molecule has 1 aliphatic carbocycles. The molecule has 158 valence electrons. The smallest absolute Gasteiger partial charge is 0.257 e. The topological polar surface area (TPSA) is 64.9 Å². The Morgan fingerprint density at radius 3 is 2.65 bits per heavy atom. The van der Waals surface area contributed by atoms with Crippen LogP contribution in [0.5, 0.6) is 0 Å². The number of benzene rings is 2. The average molecular weight is 448 g/mol. The van der Waals surface area contributed by atoms with Crippen LogP contribution in [0.4, 0.5) is 5.00 Å². The highest BCUT2D eigenvalue weighted by Crippen LogP contribution is 2.43. The summed E-state index contributed by atoms with van der Waals surface area (Å²) in [5.41, 5.74) is 2.58. The summed E-state index contributed by atoms with van der Waals surface area (Å²) in [6.45, 7) is 6.83. The van der Waals surface area contributed by atoms with E-state index in [1.54, 1.807) is 17.4 Å². The van der Waals surface area contributed by atoms with E-state index in [1.165, 1.54) is 4.88 Å². The Morgan fingerprint density at radius 1 is 1.19 bits per heavy atom. The van der Waals surface area contributed by atoms with Crippen LogP contribution in [0.2, 0.25) is 0 Å². The van der Waals surface area contributed by atoms with Crippen LogP contribution in [0.3, 0.4) is 0 Å². The number of thiophene rings is 1. The van der Waals surface area contributed by atoms with Gasteiger partial charge < -0.3 is 5.32 Å². The Kier molecular flexibility index (Phi) is 5.83. The Labute approximate surface area is 192 Å². The zero-order chi connectivity index (χ0) is 22.2. The first-order valence-corrected chi connectivity index (χ1v) is 11.6. The molecule has 3 aromatic rings. The van der Waals surface area contributed by atoms with Gasteiger partial charge in [0.25, 0.3) is 5.91 Å². The van der Waals surface area contributed by atoms with E-state index in [-0.39, 0.29) is 16.4 Å². The normalized spacial score (nSPS) is 15.7. The zero-order valence-electron chi connectivity index (χ0n) is 17.9. The molecule has 0 radical (unpaired) electrons. The van der Waals surface area contributed by atoms with Gasteiger partial charge in [-0.1, -0.05) is 51.1 Å². The van der Waals surface area contributed by atoms with Crippen molar-refractivity contribution in [3.63, 3.8) is 0 Å². The molecular formula is C25H25N3OS2. The molecule has 1 aliphatic rings. The summed E-state index contributed by atoms with van der Waals surface area (Å²) in [4.78, 5) is 13.9. The van der Waals surface area contributed by atoms with Gasteiger partial charge in [-0.2, -0.15) is 5.26 Å². The number of nitriles is 1. The van der Waals surface area contributed by atoms with Crippen molar-refractivity contribution in [2.24, 2.45) is 11.3 Å². The molecule has 2 aromatic carbocycles. The quantitative estimate of drug-likeness (QED) is 0.469. The van der Waals surface area contributed by atoms with Gasteiger partial charge in [0.1, 0.15) is 11.1 Å². The van der Waals surface area contributed by atoms with Crippen molar-refractivity contribution >= 4 is 50.3 Å². The summed E-state index contributed by atoms with van der Waals surface area (Å²) in [6.07, 6.45) is 2.98. The second kappa shape index (κ2) is 8.41. The number of carbonyl (C=O) groups excluding carboxylic acids is 1. The highest BCUT2D eigenvalue weighted by Gasteiger charge is 2.32. The summed E-state index contributed by atoms with van der Waals surface area (Å²) in [5, 5.41) is 18.6. The van der Waals surface area contributed by atoms with Gasteiger partial charge >= 0.3 is 0 Å². The Balaban J connectivity index is 1.49. The fourth-order valence-corrected chi connectivity index (χ4v) is 5.71. The predicted octanol–water partition coefficient (Wildman–Crippen LogP) is 6.05. The number of nitrogens with one attached hydrogen (secondary N) is 2. The molecule has 6 heteroatoms. The third-order valence-corrected chi connectivity index (χ3v) is 7.44. The third kappa shape index (κ3) is 4.48. The zero-order valence-corrected chi connectivity index (χ0v) is 19.5. The molecule has 1 atom stereocenters. The maximum atomic E-state index is 12.7. The molecule has 1 aromatic heterocycles. The number of nitrogens with zero attached hydrogens (tertiary/aromatic N) is 1. The molecule has 0 bridgehead atoms. The predicted molar refractivity (Wildman–Crippen MR) is 132 cm³/mol. The van der Waals surface area contributed by atoms with Gasteiger partial charge in [-0.05, 0) is 71.3 Å². The SMILES string of the molecule is CC(C)(C)[C@H]1CCc2c(sc(NC(=S)NC(=O)c3ccc4ccccc4c3)c2C#N)C1. The number of fused-ring (bicyclic) bond motifs is 2. The summed E-state index contributed by atoms with van der Waals surface area (Å²) in [7, 11) is 0. The monoisotopic (exact) mass is 447 g/mol. The van der Waals surface area contributed by atoms with Crippen molar-refractivity contribution < 1.29 is 4.79 Å². The van der Waals surface area contributed by atoms with Crippen LogP contribution in [-0.4, -0.2) is 11.0 Å². The fourth-order valence-electron chi connectivity index (χ4n) is 4.17. The van der Waals surface area contributed by atoms with Gasteiger partial charge in [-0.25, -0.2) is 0 Å². The summed E-state index contributed by atoms with van der Waals surface area (Å²) < 4.78 is 0. The van der Waals surface area contributed by atoms with Crippen molar-refractivity contribution in [1.82, 2.24) is 5.32 Å². The van der Waals surface area contributed by atoms with Crippen LogP contribution < -0.4 is 10.6 Å². The maximum Gasteiger partial charge on any atom is 0.257 e. The average Bonchev–Trinajstić information content (AvgIpc) is 3.08. The van der Waals surface area contributed by atoms with E-state index in [9.17, 15) is 10.1 Å². The van der Waals surface area contributed by atoms with Crippen LogP contribution in [0, 0.1) is 22.7 Å². The lowest BCUT2D eigenvalue weighted by Crippen LogP contribution is -2.34. The number of amides is 1. The maximum absolute atomic E-state index is 12.7. The van der Waals surface area contributed by atoms with Crippen molar-refractivity contribution in [3.05, 3.63) is 64.0 Å². The molecule has 4 rings (SSSR count). The van der Waals surface area contributed by atoms with Crippen LogP contribution in [0.1, 0.15) is 53.6 Å². The molecule has 0 aliphatic heterocycles. The van der Waals surface area contributed by atoms with Crippen LogP contribution >= 0.6 is 23.6 Å². The van der Waals surface area contributed by atoms with Gasteiger partial charge in [0.15, 0.2) is 5.11 Å². The highest BCUT2D eigenvalue weighted by molar-refractivity contribution is 7.80. The number of hydrogen-bond acceptors (Lipinski definition) is 4. The third-order valence-electron chi connectivity index (χ3n) is 6.07. The molecule has 0 saturated heterocycles. The lowest BCUT2D eigenvalue weighted by atomic mass is 9.72. The second-order valence-corrected chi connectivity index (χ2v) is 10.6. The number of carbonyl (C=O) groups is 1. The van der Waals surface area contributed by atoms with Gasteiger partial charge in [0.05, 0.1) is 5.56 Å². The summed E-state index contributed by atoms with van der Waals surface area (Å²) in [6, 6.07) is 15.8. The van der Waals surface area contributed by atoms with Crippen molar-refractivity contribution in [1.29, 1.82) is 5.26 Å². The fraction of sp³-hybridized carbons (Fsp3) is 0.320. The standard InChI is InChI=1S/C25H25N3OS2/c1-25(2,3)18-10-11-19-20(14-26)23(31-21(19)13-18)28-24(30)27-22(29)17-9-8-15-6-4-5-7-16(15)12-17/h4-9,12,18H,10-11,13H2,1-3H3,(H2,27,28,29,30)/t18-/m0/s1. The highest BCUT2D eigenvalue weighted by atomic mass is 32.1. The first-order valence-electron chi connectivity index (χ1n) is 10.4. The van der Waals surface area contributed by atoms with Gasteiger partial charge in [0, 0.05) is 10.4 Å². The van der Waals surface area contributed by atoms with Crippen molar-refractivity contribution in [2.75, 3.05) is 5.32 Å². The molecule has 1 amide bonds. The molecular weight excluding hydrogens is 422 g/mol. The molecule has 0 fully saturated rings. The van der Waals surface area contributed by atoms with E-state index in [0.29, 0.717) is 17.0 Å². The summed E-state index contributed by atoms with van der Waals surface area (Å²) >= 11 is 6.98. The number of hydrogen-bond donors (Lipinski definition) is 2. The molecule has 4 nitrogen and oxygen atoms in total. The minimum Gasteiger partial charge on any atom is -0.323 e. The molecule has 1 heterocycles. The van der Waals surface area contributed by atoms with E-state index in [0.717, 1.165) is 40.6 Å². The minimum absolute atomic E-state index is 0.209. The number of rotatable bonds is 2. The van der Waals surface area contributed by atoms with Crippen molar-refractivity contribution in [3.8, 4) is 6.07 Å². The van der Waals surface area contributed by atoms with Gasteiger partial charge in [-0.3, -0.25) is 10.1 Å². The van der Waals surface area contributed by atoms with E-state index in [2.05, 4.69) is 37.5 Å². The van der Waals surface area contributed by atoms with E-state index in [4.69, 9.17) is 12.2 Å². The van der Waals surface area contributed by atoms with E-state index >= 15 is 0 Å². The molecule has 0 spiro atoms. The number of anilines is 1. The molecule has 0 unspecified atom stereocenters. The van der Waals surface area contributed by atoms with E-state index < -0.39 is 0 Å². The minimum atomic E-state index is -0.268. The molecule has 0 saturated carbocycles. The lowest BCUT2D eigenvalue weighted by molar-refractivity contribution is 0.0978. The molecule has 2 N–H and O–H groups in total. The van der Waals surface area contributed by atoms with Crippen LogP contribution in [-0.2, 0) is 12.8 Å². The number of thiocarbonyl (C=S) groups is 1. The first kappa shape index (κ1) is 21.5.